The first-order chi connectivity index (χ1) is 9.74. The number of hydrogen-bond donors (Lipinski definition) is 1. The monoisotopic (exact) mass is 292 g/mol. The second-order valence-corrected chi connectivity index (χ2v) is 6.84. The van der Waals surface area contributed by atoms with Crippen LogP contribution in [0, 0.1) is 5.92 Å². The van der Waals surface area contributed by atoms with Gasteiger partial charge in [-0.2, -0.15) is 0 Å². The van der Waals surface area contributed by atoms with E-state index in [1.807, 2.05) is 12.1 Å². The van der Waals surface area contributed by atoms with Crippen LogP contribution in [0.25, 0.3) is 0 Å². The van der Waals surface area contributed by atoms with Gasteiger partial charge in [0, 0.05) is 23.7 Å². The number of hydrogen-bond acceptors (Lipinski definition) is 2. The zero-order chi connectivity index (χ0) is 13.9. The van der Waals surface area contributed by atoms with Gasteiger partial charge in [0.05, 0.1) is 0 Å². The van der Waals surface area contributed by atoms with Gasteiger partial charge in [0.1, 0.15) is 0 Å². The molecule has 2 aliphatic rings. The minimum atomic E-state index is 0.516. The first-order valence-electron chi connectivity index (χ1n) is 7.93. The molecule has 0 aromatic heterocycles. The molecule has 1 saturated heterocycles. The largest absolute Gasteiger partial charge is 0.308 e. The highest BCUT2D eigenvalue weighted by atomic mass is 35.5. The van der Waals surface area contributed by atoms with Crippen molar-refractivity contribution in [2.45, 2.75) is 44.2 Å². The summed E-state index contributed by atoms with van der Waals surface area (Å²) in [4.78, 5) is 2.52. The molecule has 1 aliphatic heterocycles. The first kappa shape index (κ1) is 14.4. The third-order valence-electron chi connectivity index (χ3n) is 4.82. The average molecular weight is 293 g/mol. The molecule has 0 spiro atoms. The predicted octanol–water partition coefficient (Wildman–Crippen LogP) is 3.87. The number of nitrogens with one attached hydrogen (secondary N) is 1. The Labute approximate surface area is 127 Å². The van der Waals surface area contributed by atoms with Crippen molar-refractivity contribution in [1.82, 2.24) is 10.2 Å². The van der Waals surface area contributed by atoms with Crippen LogP contribution in [-0.2, 0) is 0 Å². The van der Waals surface area contributed by atoms with E-state index in [0.29, 0.717) is 12.1 Å². The number of halogens is 1. The Hall–Kier alpha value is -0.570. The van der Waals surface area contributed by atoms with Gasteiger partial charge < -0.3 is 10.2 Å². The quantitative estimate of drug-likeness (QED) is 0.886. The fourth-order valence-electron chi connectivity index (χ4n) is 3.32. The van der Waals surface area contributed by atoms with E-state index in [0.717, 1.165) is 17.5 Å². The smallest absolute Gasteiger partial charge is 0.0406 e. The van der Waals surface area contributed by atoms with Crippen molar-refractivity contribution in [3.8, 4) is 0 Å². The van der Waals surface area contributed by atoms with Gasteiger partial charge in [0.2, 0.25) is 0 Å². The molecule has 110 valence electrons. The number of benzene rings is 1. The van der Waals surface area contributed by atoms with Crippen molar-refractivity contribution < 1.29 is 0 Å². The summed E-state index contributed by atoms with van der Waals surface area (Å²) >= 11 is 6.00. The third-order valence-corrected chi connectivity index (χ3v) is 5.07. The number of nitrogens with zero attached hydrogens (tertiary/aromatic N) is 1. The Morgan fingerprint density at radius 3 is 2.60 bits per heavy atom. The van der Waals surface area contributed by atoms with Crippen molar-refractivity contribution in [1.29, 1.82) is 0 Å². The summed E-state index contributed by atoms with van der Waals surface area (Å²) < 4.78 is 0. The van der Waals surface area contributed by atoms with E-state index in [1.165, 1.54) is 44.2 Å². The maximum atomic E-state index is 6.00. The van der Waals surface area contributed by atoms with Crippen LogP contribution in [-0.4, -0.2) is 31.1 Å². The first-order valence-corrected chi connectivity index (χ1v) is 8.31. The lowest BCUT2D eigenvalue weighted by molar-refractivity contribution is 0.176. The fraction of sp³-hybridized carbons (Fsp3) is 0.647. The Bertz CT molecular complexity index is 427. The molecule has 1 heterocycles. The predicted molar refractivity (Wildman–Crippen MR) is 85.2 cm³/mol. The molecule has 0 amide bonds. The number of likely N-dealkylation sites (tertiary alicyclic amines) is 1. The lowest BCUT2D eigenvalue weighted by atomic mass is 9.99. The molecule has 3 rings (SSSR count). The van der Waals surface area contributed by atoms with Gasteiger partial charge in [0.25, 0.3) is 0 Å². The van der Waals surface area contributed by atoms with E-state index < -0.39 is 0 Å². The molecule has 2 fully saturated rings. The van der Waals surface area contributed by atoms with Gasteiger partial charge in [0.15, 0.2) is 0 Å². The normalized spacial score (nSPS) is 25.6. The molecule has 3 heteroatoms. The molecule has 1 saturated carbocycles. The summed E-state index contributed by atoms with van der Waals surface area (Å²) in [6.45, 7) is 2.36. The van der Waals surface area contributed by atoms with Crippen LogP contribution in [0.2, 0.25) is 5.02 Å². The van der Waals surface area contributed by atoms with Gasteiger partial charge in [-0.15, -0.1) is 0 Å². The van der Waals surface area contributed by atoms with Crippen LogP contribution in [0.1, 0.15) is 43.7 Å². The van der Waals surface area contributed by atoms with Crippen LogP contribution in [0.5, 0.6) is 0 Å². The maximum absolute atomic E-state index is 6.00. The van der Waals surface area contributed by atoms with Crippen molar-refractivity contribution in [2.24, 2.45) is 5.92 Å². The SMILES string of the molecule is CN1CCCCC1CNC(c1ccc(Cl)cc1)C1CC1. The zero-order valence-corrected chi connectivity index (χ0v) is 13.1. The zero-order valence-electron chi connectivity index (χ0n) is 12.3. The molecular formula is C17H25ClN2. The Morgan fingerprint density at radius 1 is 1.20 bits per heavy atom. The summed E-state index contributed by atoms with van der Waals surface area (Å²) in [5.41, 5.74) is 1.40. The lowest BCUT2D eigenvalue weighted by Gasteiger charge is -2.34. The van der Waals surface area contributed by atoms with Gasteiger partial charge >= 0.3 is 0 Å². The molecule has 1 aromatic rings. The van der Waals surface area contributed by atoms with Gasteiger partial charge in [-0.25, -0.2) is 0 Å². The Kier molecular flexibility index (Phi) is 4.65. The maximum Gasteiger partial charge on any atom is 0.0406 e. The van der Waals surface area contributed by atoms with Crippen LogP contribution in [0.15, 0.2) is 24.3 Å². The van der Waals surface area contributed by atoms with Crippen molar-refractivity contribution in [2.75, 3.05) is 20.1 Å². The highest BCUT2D eigenvalue weighted by Crippen LogP contribution is 2.41. The summed E-state index contributed by atoms with van der Waals surface area (Å²) in [7, 11) is 2.26. The van der Waals surface area contributed by atoms with Crippen LogP contribution in [0.3, 0.4) is 0 Å². The van der Waals surface area contributed by atoms with Gasteiger partial charge in [-0.3, -0.25) is 0 Å². The minimum absolute atomic E-state index is 0.516. The highest BCUT2D eigenvalue weighted by Gasteiger charge is 2.32. The van der Waals surface area contributed by atoms with Crippen molar-refractivity contribution in [3.63, 3.8) is 0 Å². The Balaban J connectivity index is 1.61. The molecule has 2 nitrogen and oxygen atoms in total. The molecular weight excluding hydrogens is 268 g/mol. The Morgan fingerprint density at radius 2 is 1.95 bits per heavy atom. The minimum Gasteiger partial charge on any atom is -0.308 e. The molecule has 20 heavy (non-hydrogen) atoms. The molecule has 0 radical (unpaired) electrons. The summed E-state index contributed by atoms with van der Waals surface area (Å²) in [6, 6.07) is 9.62. The molecule has 0 bridgehead atoms. The van der Waals surface area contributed by atoms with E-state index in [9.17, 15) is 0 Å². The van der Waals surface area contributed by atoms with Gasteiger partial charge in [-0.1, -0.05) is 30.2 Å². The molecule has 2 unspecified atom stereocenters. The van der Waals surface area contributed by atoms with E-state index in [2.05, 4.69) is 29.4 Å². The fourth-order valence-corrected chi connectivity index (χ4v) is 3.45. The van der Waals surface area contributed by atoms with E-state index in [1.54, 1.807) is 0 Å². The van der Waals surface area contributed by atoms with E-state index in [-0.39, 0.29) is 0 Å². The lowest BCUT2D eigenvalue weighted by Crippen LogP contribution is -2.44. The molecule has 1 N–H and O–H groups in total. The molecule has 1 aromatic carbocycles. The summed E-state index contributed by atoms with van der Waals surface area (Å²) in [5, 5.41) is 4.66. The van der Waals surface area contributed by atoms with Crippen molar-refractivity contribution >= 4 is 11.6 Å². The van der Waals surface area contributed by atoms with E-state index in [4.69, 9.17) is 11.6 Å². The second-order valence-electron chi connectivity index (χ2n) is 6.41. The van der Waals surface area contributed by atoms with Crippen molar-refractivity contribution in [3.05, 3.63) is 34.9 Å². The average Bonchev–Trinajstić information content (AvgIpc) is 3.27. The highest BCUT2D eigenvalue weighted by molar-refractivity contribution is 6.30. The van der Waals surface area contributed by atoms with Crippen LogP contribution >= 0.6 is 11.6 Å². The summed E-state index contributed by atoms with van der Waals surface area (Å²) in [5.74, 6) is 0.824. The number of rotatable bonds is 5. The standard InChI is InChI=1S/C17H25ClN2/c1-20-11-3-2-4-16(20)12-19-17(13-5-6-13)14-7-9-15(18)10-8-14/h7-10,13,16-17,19H,2-6,11-12H2,1H3. The number of piperidine rings is 1. The second kappa shape index (κ2) is 6.46. The topological polar surface area (TPSA) is 15.3 Å². The molecule has 2 atom stereocenters. The van der Waals surface area contributed by atoms with Crippen LogP contribution in [0.4, 0.5) is 0 Å². The summed E-state index contributed by atoms with van der Waals surface area (Å²) in [6.07, 6.45) is 6.80. The number of likely N-dealkylation sites (N-methyl/N-ethyl adjacent to an activating group) is 1. The van der Waals surface area contributed by atoms with Crippen LogP contribution < -0.4 is 5.32 Å². The third kappa shape index (κ3) is 3.55. The van der Waals surface area contributed by atoms with Gasteiger partial charge in [-0.05, 0) is 62.9 Å². The van der Waals surface area contributed by atoms with E-state index >= 15 is 0 Å². The molecule has 1 aliphatic carbocycles.